The number of nitrogens with zero attached hydrogens (tertiary/aromatic N) is 3. The monoisotopic (exact) mass is 433 g/mol. The first kappa shape index (κ1) is 21.2. The SMILES string of the molecule is COC(=O)c1cc(CN(C)C(=O)c2cccc(OCc3cn4ccccc4n3)c2)oc1C. The summed E-state index contributed by atoms with van der Waals surface area (Å²) >= 11 is 0. The van der Waals surface area contributed by atoms with E-state index >= 15 is 0 Å². The highest BCUT2D eigenvalue weighted by molar-refractivity contribution is 5.94. The molecule has 32 heavy (non-hydrogen) atoms. The number of carbonyl (C=O) groups excluding carboxylic acids is 2. The van der Waals surface area contributed by atoms with Crippen molar-refractivity contribution in [1.29, 1.82) is 0 Å². The second-order valence-corrected chi connectivity index (χ2v) is 7.35. The zero-order valence-corrected chi connectivity index (χ0v) is 18.1. The standard InChI is InChI=1S/C24H23N3O5/c1-16-21(24(29)30-3)12-20(32-16)14-26(2)23(28)17-7-6-8-19(11-17)31-15-18-13-27-10-5-4-9-22(27)25-18/h4-13H,14-15H2,1-3H3. The summed E-state index contributed by atoms with van der Waals surface area (Å²) in [7, 11) is 2.98. The average molecular weight is 433 g/mol. The molecule has 0 fully saturated rings. The van der Waals surface area contributed by atoms with E-state index in [1.54, 1.807) is 44.3 Å². The topological polar surface area (TPSA) is 86.3 Å². The lowest BCUT2D eigenvalue weighted by molar-refractivity contribution is 0.0598. The number of hydrogen-bond donors (Lipinski definition) is 0. The van der Waals surface area contributed by atoms with Crippen LogP contribution in [-0.2, 0) is 17.9 Å². The van der Waals surface area contributed by atoms with Crippen LogP contribution in [0.15, 0.2) is 65.3 Å². The number of imidazole rings is 1. The molecule has 8 nitrogen and oxygen atoms in total. The minimum Gasteiger partial charge on any atom is -0.487 e. The molecule has 0 aliphatic rings. The molecule has 3 aromatic heterocycles. The molecule has 4 rings (SSSR count). The molecular formula is C24H23N3O5. The average Bonchev–Trinajstić information content (AvgIpc) is 3.39. The number of esters is 1. The van der Waals surface area contributed by atoms with E-state index in [1.165, 1.54) is 12.0 Å². The molecule has 0 bridgehead atoms. The Morgan fingerprint density at radius 2 is 2.00 bits per heavy atom. The predicted molar refractivity (Wildman–Crippen MR) is 117 cm³/mol. The van der Waals surface area contributed by atoms with Crippen molar-refractivity contribution in [2.45, 2.75) is 20.1 Å². The highest BCUT2D eigenvalue weighted by atomic mass is 16.5. The van der Waals surface area contributed by atoms with Gasteiger partial charge in [-0.3, -0.25) is 4.79 Å². The number of methoxy groups -OCH3 is 1. The second-order valence-electron chi connectivity index (χ2n) is 7.35. The number of amides is 1. The third-order valence-electron chi connectivity index (χ3n) is 5.00. The Labute approximate surface area is 185 Å². The zero-order valence-electron chi connectivity index (χ0n) is 18.1. The smallest absolute Gasteiger partial charge is 0.341 e. The van der Waals surface area contributed by atoms with Crippen LogP contribution in [0.2, 0.25) is 0 Å². The van der Waals surface area contributed by atoms with Gasteiger partial charge in [0.25, 0.3) is 5.91 Å². The Morgan fingerprint density at radius 1 is 1.16 bits per heavy atom. The maximum Gasteiger partial charge on any atom is 0.341 e. The van der Waals surface area contributed by atoms with Crippen molar-refractivity contribution in [2.24, 2.45) is 0 Å². The van der Waals surface area contributed by atoms with Crippen LogP contribution < -0.4 is 4.74 Å². The van der Waals surface area contributed by atoms with E-state index in [2.05, 4.69) is 4.98 Å². The number of aromatic nitrogens is 2. The van der Waals surface area contributed by atoms with Gasteiger partial charge in [-0.15, -0.1) is 0 Å². The van der Waals surface area contributed by atoms with E-state index in [1.807, 2.05) is 35.0 Å². The van der Waals surface area contributed by atoms with Crippen molar-refractivity contribution < 1.29 is 23.5 Å². The van der Waals surface area contributed by atoms with Crippen LogP contribution in [0, 0.1) is 6.92 Å². The summed E-state index contributed by atoms with van der Waals surface area (Å²) in [6.45, 7) is 2.18. The maximum absolute atomic E-state index is 12.9. The van der Waals surface area contributed by atoms with E-state index in [4.69, 9.17) is 13.9 Å². The number of aryl methyl sites for hydroxylation is 1. The zero-order chi connectivity index (χ0) is 22.7. The molecule has 0 radical (unpaired) electrons. The number of pyridine rings is 1. The molecule has 0 aliphatic heterocycles. The fraction of sp³-hybridized carbons (Fsp3) is 0.208. The van der Waals surface area contributed by atoms with E-state index in [0.29, 0.717) is 28.4 Å². The van der Waals surface area contributed by atoms with Crippen molar-refractivity contribution >= 4 is 17.5 Å². The number of carbonyl (C=O) groups is 2. The summed E-state index contributed by atoms with van der Waals surface area (Å²) in [4.78, 5) is 30.7. The molecule has 0 unspecified atom stereocenters. The number of furan rings is 1. The van der Waals surface area contributed by atoms with Gasteiger partial charge in [-0.05, 0) is 43.3 Å². The number of hydrogen-bond acceptors (Lipinski definition) is 6. The van der Waals surface area contributed by atoms with Gasteiger partial charge < -0.3 is 23.2 Å². The molecule has 3 heterocycles. The lowest BCUT2D eigenvalue weighted by Gasteiger charge is -2.16. The summed E-state index contributed by atoms with van der Waals surface area (Å²) in [5, 5.41) is 0. The van der Waals surface area contributed by atoms with E-state index in [-0.39, 0.29) is 19.1 Å². The third-order valence-corrected chi connectivity index (χ3v) is 5.00. The number of benzene rings is 1. The van der Waals surface area contributed by atoms with Gasteiger partial charge in [0.1, 0.15) is 35.1 Å². The fourth-order valence-electron chi connectivity index (χ4n) is 3.39. The largest absolute Gasteiger partial charge is 0.487 e. The van der Waals surface area contributed by atoms with Gasteiger partial charge in [0, 0.05) is 25.0 Å². The first-order chi connectivity index (χ1) is 15.4. The Bertz CT molecular complexity index is 1240. The van der Waals surface area contributed by atoms with Crippen LogP contribution in [0.4, 0.5) is 0 Å². The van der Waals surface area contributed by atoms with Crippen molar-refractivity contribution in [3.63, 3.8) is 0 Å². The fourth-order valence-corrected chi connectivity index (χ4v) is 3.39. The molecular weight excluding hydrogens is 410 g/mol. The second kappa shape index (κ2) is 8.97. The molecule has 1 amide bonds. The Hall–Kier alpha value is -4.07. The van der Waals surface area contributed by atoms with Gasteiger partial charge in [0.05, 0.1) is 19.3 Å². The Balaban J connectivity index is 1.41. The molecule has 0 N–H and O–H groups in total. The van der Waals surface area contributed by atoms with E-state index in [0.717, 1.165) is 11.3 Å². The Morgan fingerprint density at radius 3 is 2.78 bits per heavy atom. The number of ether oxygens (including phenoxy) is 2. The molecule has 0 atom stereocenters. The summed E-state index contributed by atoms with van der Waals surface area (Å²) in [5.41, 5.74) is 2.47. The van der Waals surface area contributed by atoms with Crippen LogP contribution in [0.5, 0.6) is 5.75 Å². The van der Waals surface area contributed by atoms with Gasteiger partial charge in [-0.25, -0.2) is 9.78 Å². The summed E-state index contributed by atoms with van der Waals surface area (Å²) in [6, 6.07) is 14.4. The highest BCUT2D eigenvalue weighted by Gasteiger charge is 2.19. The molecule has 0 saturated heterocycles. The first-order valence-corrected chi connectivity index (χ1v) is 10.0. The molecule has 0 spiro atoms. The van der Waals surface area contributed by atoms with Gasteiger partial charge in [0.2, 0.25) is 0 Å². The summed E-state index contributed by atoms with van der Waals surface area (Å²) in [5.74, 6) is 0.856. The normalized spacial score (nSPS) is 10.8. The quantitative estimate of drug-likeness (QED) is 0.411. The Kier molecular flexibility index (Phi) is 5.93. The number of rotatable bonds is 7. The van der Waals surface area contributed by atoms with Crippen molar-refractivity contribution in [2.75, 3.05) is 14.2 Å². The summed E-state index contributed by atoms with van der Waals surface area (Å²) in [6.07, 6.45) is 3.83. The van der Waals surface area contributed by atoms with Crippen molar-refractivity contribution in [3.8, 4) is 5.75 Å². The van der Waals surface area contributed by atoms with Crippen LogP contribution in [0.25, 0.3) is 5.65 Å². The van der Waals surface area contributed by atoms with Crippen molar-refractivity contribution in [3.05, 3.63) is 89.3 Å². The summed E-state index contributed by atoms with van der Waals surface area (Å²) < 4.78 is 18.1. The van der Waals surface area contributed by atoms with E-state index in [9.17, 15) is 9.59 Å². The molecule has 0 saturated carbocycles. The minimum atomic E-state index is -0.470. The lowest BCUT2D eigenvalue weighted by atomic mass is 10.2. The lowest BCUT2D eigenvalue weighted by Crippen LogP contribution is -2.26. The molecule has 164 valence electrons. The predicted octanol–water partition coefficient (Wildman–Crippen LogP) is 3.87. The van der Waals surface area contributed by atoms with Gasteiger partial charge >= 0.3 is 5.97 Å². The molecule has 0 aliphatic carbocycles. The minimum absolute atomic E-state index is 0.197. The third kappa shape index (κ3) is 4.49. The highest BCUT2D eigenvalue weighted by Crippen LogP contribution is 2.20. The van der Waals surface area contributed by atoms with Gasteiger partial charge in [0.15, 0.2) is 0 Å². The van der Waals surface area contributed by atoms with E-state index < -0.39 is 5.97 Å². The van der Waals surface area contributed by atoms with Crippen LogP contribution >= 0.6 is 0 Å². The van der Waals surface area contributed by atoms with Crippen molar-refractivity contribution in [1.82, 2.24) is 14.3 Å². The molecule has 1 aromatic carbocycles. The van der Waals surface area contributed by atoms with Gasteiger partial charge in [-0.2, -0.15) is 0 Å². The molecule has 8 heteroatoms. The van der Waals surface area contributed by atoms with Gasteiger partial charge in [-0.1, -0.05) is 12.1 Å². The van der Waals surface area contributed by atoms with Crippen LogP contribution in [0.3, 0.4) is 0 Å². The maximum atomic E-state index is 12.9. The van der Waals surface area contributed by atoms with Crippen LogP contribution in [-0.4, -0.2) is 40.3 Å². The molecule has 4 aromatic rings. The first-order valence-electron chi connectivity index (χ1n) is 10.0. The van der Waals surface area contributed by atoms with Crippen LogP contribution in [0.1, 0.15) is 37.9 Å². The number of fused-ring (bicyclic) bond motifs is 1.